The number of rotatable bonds is 29. The van der Waals surface area contributed by atoms with Crippen molar-refractivity contribution < 1.29 is 28.7 Å². The molecule has 5 rings (SSSR count). The Kier molecular flexibility index (Phi) is 21.9. The Balaban J connectivity index is 1.26. The number of aromatic nitrogens is 4. The van der Waals surface area contributed by atoms with Crippen LogP contribution in [0.5, 0.6) is 0 Å². The number of nitrogens with one attached hydrogen (secondary N) is 3. The molecule has 0 aliphatic rings. The van der Waals surface area contributed by atoms with Crippen LogP contribution in [0.4, 0.5) is 11.4 Å². The summed E-state index contributed by atoms with van der Waals surface area (Å²) in [6.07, 6.45) is 23.4. The van der Waals surface area contributed by atoms with Gasteiger partial charge in [-0.2, -0.15) is 5.10 Å². The van der Waals surface area contributed by atoms with E-state index in [-0.39, 0.29) is 49.1 Å². The van der Waals surface area contributed by atoms with Crippen molar-refractivity contribution >= 4 is 64.0 Å². The maximum Gasteiger partial charge on any atom is 0.338 e. The molecular formula is C54H72Cl2N6O6. The van der Waals surface area contributed by atoms with E-state index in [4.69, 9.17) is 32.7 Å². The average Bonchev–Trinajstić information content (AvgIpc) is 3.92. The van der Waals surface area contributed by atoms with Crippen molar-refractivity contribution in [2.75, 3.05) is 23.8 Å². The van der Waals surface area contributed by atoms with Crippen molar-refractivity contribution in [2.24, 2.45) is 0 Å². The molecule has 14 heteroatoms. The maximum absolute atomic E-state index is 14.1. The first-order valence-electron chi connectivity index (χ1n) is 25.0. The van der Waals surface area contributed by atoms with Gasteiger partial charge in [0.05, 0.1) is 51.5 Å². The SMILES string of the molecule is CCCCCCCCCCCCOC(=O)c1ccc(Cl)c(NC(=O)c2cc(C(=O)Nc3cc(C(=O)OCCCCCCCCCCCC)ccc3Cl)cc(-c3nn4nc(C(C)(C)C)cc4[nH]3)c2)c1. The molecule has 0 unspecified atom stereocenters. The molecule has 0 saturated carbocycles. The summed E-state index contributed by atoms with van der Waals surface area (Å²) in [5.74, 6) is -1.88. The molecule has 0 atom stereocenters. The molecule has 12 nitrogen and oxygen atoms in total. The lowest BCUT2D eigenvalue weighted by molar-refractivity contribution is 0.0488. The molecule has 0 aliphatic carbocycles. The van der Waals surface area contributed by atoms with Gasteiger partial charge in [-0.05, 0) is 67.4 Å². The number of carbonyl (C=O) groups excluding carboxylic acids is 4. The number of carbonyl (C=O) groups is 4. The van der Waals surface area contributed by atoms with Crippen LogP contribution in [-0.2, 0) is 14.9 Å². The van der Waals surface area contributed by atoms with E-state index in [0.29, 0.717) is 30.2 Å². The maximum atomic E-state index is 14.1. The molecule has 368 valence electrons. The number of aromatic amines is 1. The highest BCUT2D eigenvalue weighted by molar-refractivity contribution is 6.34. The monoisotopic (exact) mass is 970 g/mol. The summed E-state index contributed by atoms with van der Waals surface area (Å²) in [7, 11) is 0. The number of amides is 2. The van der Waals surface area contributed by atoms with Crippen molar-refractivity contribution in [3.05, 3.63) is 98.7 Å². The number of nitrogens with zero attached hydrogens (tertiary/aromatic N) is 3. The predicted octanol–water partition coefficient (Wildman–Crippen LogP) is 15.0. The van der Waals surface area contributed by atoms with Crippen LogP contribution >= 0.6 is 23.2 Å². The molecule has 0 saturated heterocycles. The van der Waals surface area contributed by atoms with Crippen molar-refractivity contribution in [3.8, 4) is 11.4 Å². The van der Waals surface area contributed by atoms with Gasteiger partial charge in [-0.1, -0.05) is 173 Å². The Hall–Kier alpha value is -5.20. The van der Waals surface area contributed by atoms with Gasteiger partial charge >= 0.3 is 11.9 Å². The summed E-state index contributed by atoms with van der Waals surface area (Å²) >= 11 is 13.1. The van der Waals surface area contributed by atoms with Gasteiger partial charge in [0.1, 0.15) is 0 Å². The van der Waals surface area contributed by atoms with E-state index in [2.05, 4.69) is 60.4 Å². The molecule has 5 aromatic rings. The zero-order chi connectivity index (χ0) is 48.9. The lowest BCUT2D eigenvalue weighted by atomic mass is 9.93. The quantitative estimate of drug-likeness (QED) is 0.0316. The summed E-state index contributed by atoms with van der Waals surface area (Å²) < 4.78 is 12.6. The Morgan fingerprint density at radius 3 is 1.35 bits per heavy atom. The Morgan fingerprint density at radius 2 is 0.956 bits per heavy atom. The zero-order valence-corrected chi connectivity index (χ0v) is 42.4. The van der Waals surface area contributed by atoms with Crippen molar-refractivity contribution in [2.45, 2.75) is 168 Å². The fourth-order valence-electron chi connectivity index (χ4n) is 7.86. The number of benzene rings is 3. The summed E-state index contributed by atoms with van der Waals surface area (Å²) in [4.78, 5) is 57.5. The minimum atomic E-state index is -0.602. The second-order valence-corrected chi connectivity index (χ2v) is 19.7. The minimum absolute atomic E-state index is 0.0949. The van der Waals surface area contributed by atoms with E-state index in [1.807, 2.05) is 6.07 Å². The lowest BCUT2D eigenvalue weighted by Gasteiger charge is -2.14. The van der Waals surface area contributed by atoms with Gasteiger partial charge in [0.25, 0.3) is 11.8 Å². The number of esters is 2. The van der Waals surface area contributed by atoms with E-state index in [1.54, 1.807) is 24.3 Å². The smallest absolute Gasteiger partial charge is 0.338 e. The molecule has 3 N–H and O–H groups in total. The third kappa shape index (κ3) is 17.1. The lowest BCUT2D eigenvalue weighted by Crippen LogP contribution is -2.17. The van der Waals surface area contributed by atoms with Crippen LogP contribution in [0.1, 0.15) is 210 Å². The Morgan fingerprint density at radius 1 is 0.544 bits per heavy atom. The summed E-state index contributed by atoms with van der Waals surface area (Å²) in [5.41, 5.74) is 2.69. The molecule has 0 radical (unpaired) electrons. The van der Waals surface area contributed by atoms with Gasteiger partial charge < -0.3 is 25.1 Å². The average molecular weight is 972 g/mol. The molecular weight excluding hydrogens is 900 g/mol. The van der Waals surface area contributed by atoms with Crippen LogP contribution in [0.25, 0.3) is 17.0 Å². The van der Waals surface area contributed by atoms with Crippen LogP contribution in [-0.4, -0.2) is 56.8 Å². The second kappa shape index (κ2) is 27.7. The minimum Gasteiger partial charge on any atom is -0.462 e. The fraction of sp³-hybridized carbons (Fsp3) is 0.519. The van der Waals surface area contributed by atoms with E-state index in [1.165, 1.54) is 125 Å². The first-order valence-corrected chi connectivity index (χ1v) is 25.7. The van der Waals surface area contributed by atoms with Gasteiger partial charge in [0.2, 0.25) is 0 Å². The van der Waals surface area contributed by atoms with Crippen molar-refractivity contribution in [1.82, 2.24) is 19.8 Å². The number of unbranched alkanes of at least 4 members (excludes halogenated alkanes) is 18. The molecule has 0 fully saturated rings. The fourth-order valence-corrected chi connectivity index (χ4v) is 8.19. The number of fused-ring (bicyclic) bond motifs is 1. The first kappa shape index (κ1) is 53.8. The van der Waals surface area contributed by atoms with Crippen LogP contribution in [0.2, 0.25) is 10.0 Å². The highest BCUT2D eigenvalue weighted by atomic mass is 35.5. The van der Waals surface area contributed by atoms with Gasteiger partial charge in [-0.15, -0.1) is 9.73 Å². The van der Waals surface area contributed by atoms with Gasteiger partial charge in [-0.25, -0.2) is 9.59 Å². The van der Waals surface area contributed by atoms with E-state index in [9.17, 15) is 19.2 Å². The number of H-pyrrole nitrogens is 1. The first-order chi connectivity index (χ1) is 32.8. The van der Waals surface area contributed by atoms with Crippen LogP contribution in [0, 0.1) is 0 Å². The Bertz CT molecular complexity index is 2270. The van der Waals surface area contributed by atoms with Crippen LogP contribution < -0.4 is 10.6 Å². The van der Waals surface area contributed by atoms with E-state index >= 15 is 0 Å². The largest absolute Gasteiger partial charge is 0.462 e. The number of hydrogen-bond acceptors (Lipinski definition) is 8. The summed E-state index contributed by atoms with van der Waals surface area (Å²) in [5, 5.41) is 15.3. The Labute approximate surface area is 413 Å². The number of ether oxygens (including phenoxy) is 2. The highest BCUT2D eigenvalue weighted by Gasteiger charge is 2.22. The second-order valence-electron chi connectivity index (χ2n) is 18.9. The molecule has 3 aromatic carbocycles. The molecule has 0 spiro atoms. The molecule has 68 heavy (non-hydrogen) atoms. The molecule has 0 aliphatic heterocycles. The third-order valence-corrected chi connectivity index (χ3v) is 12.7. The normalized spacial score (nSPS) is 11.5. The van der Waals surface area contributed by atoms with Crippen molar-refractivity contribution in [3.63, 3.8) is 0 Å². The van der Waals surface area contributed by atoms with Gasteiger partial charge in [-0.3, -0.25) is 9.59 Å². The molecule has 2 heterocycles. The summed E-state index contributed by atoms with van der Waals surface area (Å²) in [6.45, 7) is 11.2. The number of halogens is 2. The van der Waals surface area contributed by atoms with Crippen molar-refractivity contribution in [1.29, 1.82) is 0 Å². The highest BCUT2D eigenvalue weighted by Crippen LogP contribution is 2.29. The van der Waals surface area contributed by atoms with Gasteiger partial charge in [0.15, 0.2) is 11.5 Å². The number of hydrogen-bond donors (Lipinski definition) is 3. The predicted molar refractivity (Wildman–Crippen MR) is 275 cm³/mol. The van der Waals surface area contributed by atoms with Gasteiger partial charge in [0, 0.05) is 28.2 Å². The van der Waals surface area contributed by atoms with Crippen LogP contribution in [0.3, 0.4) is 0 Å². The molecule has 0 bridgehead atoms. The topological polar surface area (TPSA) is 157 Å². The van der Waals surface area contributed by atoms with E-state index < -0.39 is 23.8 Å². The molecule has 2 amide bonds. The zero-order valence-electron chi connectivity index (χ0n) is 40.9. The van der Waals surface area contributed by atoms with E-state index in [0.717, 1.165) is 44.2 Å². The molecule has 2 aromatic heterocycles. The third-order valence-electron chi connectivity index (χ3n) is 12.0. The number of anilines is 2. The summed E-state index contributed by atoms with van der Waals surface area (Å²) in [6, 6.07) is 15.6. The van der Waals surface area contributed by atoms with Crippen LogP contribution in [0.15, 0.2) is 60.7 Å². The standard InChI is InChI=1S/C54H72Cl2N6O6/c1-6-8-10-12-14-16-18-20-22-24-30-67-52(65)38-26-28-43(55)45(35-38)57-50(63)41-32-40(49-59-48-37-47(54(3,4)5)60-62(48)61-49)33-42(34-41)51(64)58-46-36-39(27-29-44(46)56)53(66)68-31-25-23-21-19-17-15-13-11-9-7-2/h26-29,32-37H,6-25,30-31H2,1-5H3,(H,57,63)(H,58,64)(H,59,61).